The Labute approximate surface area is 66.4 Å². The van der Waals surface area contributed by atoms with Crippen molar-refractivity contribution in [2.75, 3.05) is 13.1 Å². The molecule has 3 fully saturated rings. The Hall–Kier alpha value is -0.370. The number of Topliss-reactive ketones (excluding diaryl/α,β-unsaturated/α-hetero) is 1. The van der Waals surface area contributed by atoms with Crippen molar-refractivity contribution in [1.82, 2.24) is 5.32 Å². The smallest absolute Gasteiger partial charge is 0.134 e. The highest BCUT2D eigenvalue weighted by atomic mass is 16.1. The summed E-state index contributed by atoms with van der Waals surface area (Å²) in [6.45, 7) is 2.42. The first-order chi connectivity index (χ1) is 5.22. The fraction of sp³-hybridized carbons (Fsp3) is 0.889. The minimum Gasteiger partial charge on any atom is -0.316 e. The summed E-state index contributed by atoms with van der Waals surface area (Å²) in [5, 5.41) is 3.32. The third-order valence-electron chi connectivity index (χ3n) is 3.64. The number of ketones is 1. The molecule has 0 atom stereocenters. The van der Waals surface area contributed by atoms with Gasteiger partial charge in [-0.05, 0) is 23.7 Å². The van der Waals surface area contributed by atoms with E-state index in [9.17, 15) is 4.79 Å². The number of carbonyl (C=O) groups is 1. The molecule has 0 unspecified atom stereocenters. The lowest BCUT2D eigenvalue weighted by Crippen LogP contribution is -2.66. The van der Waals surface area contributed by atoms with E-state index in [1.807, 2.05) is 0 Å². The minimum atomic E-state index is 0.493. The molecule has 1 aliphatic heterocycles. The quantitative estimate of drug-likeness (QED) is 0.552. The molecule has 60 valence electrons. The molecule has 0 radical (unpaired) electrons. The van der Waals surface area contributed by atoms with E-state index < -0.39 is 0 Å². The van der Waals surface area contributed by atoms with Gasteiger partial charge in [0, 0.05) is 25.9 Å². The molecule has 2 aliphatic carbocycles. The molecule has 3 rings (SSSR count). The van der Waals surface area contributed by atoms with Gasteiger partial charge in [0.25, 0.3) is 0 Å². The monoisotopic (exact) mass is 151 g/mol. The lowest BCUT2D eigenvalue weighted by Gasteiger charge is -2.64. The molecule has 0 aromatic heterocycles. The van der Waals surface area contributed by atoms with E-state index in [1.54, 1.807) is 0 Å². The number of rotatable bonds is 0. The van der Waals surface area contributed by atoms with Crippen molar-refractivity contribution in [2.45, 2.75) is 25.7 Å². The lowest BCUT2D eigenvalue weighted by molar-refractivity contribution is -0.158. The Morgan fingerprint density at radius 2 is 1.73 bits per heavy atom. The Kier molecular flexibility index (Phi) is 0.861. The summed E-state index contributed by atoms with van der Waals surface area (Å²) in [7, 11) is 0. The first kappa shape index (κ1) is 6.18. The maximum atomic E-state index is 10.8. The van der Waals surface area contributed by atoms with Crippen LogP contribution in [0.25, 0.3) is 0 Å². The van der Waals surface area contributed by atoms with E-state index in [0.29, 0.717) is 16.6 Å². The van der Waals surface area contributed by atoms with Gasteiger partial charge in [0.05, 0.1) is 0 Å². The highest BCUT2D eigenvalue weighted by Crippen LogP contribution is 2.64. The van der Waals surface area contributed by atoms with Crippen molar-refractivity contribution in [1.29, 1.82) is 0 Å². The topological polar surface area (TPSA) is 29.1 Å². The van der Waals surface area contributed by atoms with Crippen molar-refractivity contribution in [3.8, 4) is 0 Å². The van der Waals surface area contributed by atoms with Crippen LogP contribution in [0.15, 0.2) is 0 Å². The molecule has 2 saturated carbocycles. The molecule has 2 heteroatoms. The molecule has 0 aromatic rings. The molecule has 2 nitrogen and oxygen atoms in total. The van der Waals surface area contributed by atoms with Crippen LogP contribution in [0, 0.1) is 10.8 Å². The Balaban J connectivity index is 1.67. The van der Waals surface area contributed by atoms with Crippen molar-refractivity contribution in [2.24, 2.45) is 10.8 Å². The SMILES string of the molecule is O=C1CC2(C1)CC1(CNC1)C2. The van der Waals surface area contributed by atoms with Gasteiger partial charge in [-0.3, -0.25) is 4.79 Å². The van der Waals surface area contributed by atoms with Crippen LogP contribution >= 0.6 is 0 Å². The van der Waals surface area contributed by atoms with Crippen molar-refractivity contribution in [3.05, 3.63) is 0 Å². The lowest BCUT2D eigenvalue weighted by atomic mass is 9.43. The average Bonchev–Trinajstić information content (AvgIpc) is 1.69. The third-order valence-corrected chi connectivity index (χ3v) is 3.64. The van der Waals surface area contributed by atoms with E-state index >= 15 is 0 Å². The van der Waals surface area contributed by atoms with Gasteiger partial charge < -0.3 is 5.32 Å². The van der Waals surface area contributed by atoms with E-state index in [1.165, 1.54) is 25.9 Å². The van der Waals surface area contributed by atoms with Gasteiger partial charge in [0.15, 0.2) is 0 Å². The summed E-state index contributed by atoms with van der Waals surface area (Å²) in [6, 6.07) is 0. The number of carbonyl (C=O) groups excluding carboxylic acids is 1. The van der Waals surface area contributed by atoms with Crippen LogP contribution in [0.1, 0.15) is 25.7 Å². The van der Waals surface area contributed by atoms with Crippen LogP contribution in [-0.2, 0) is 4.79 Å². The second kappa shape index (κ2) is 1.53. The predicted molar refractivity (Wildman–Crippen MR) is 41.2 cm³/mol. The maximum Gasteiger partial charge on any atom is 0.134 e. The van der Waals surface area contributed by atoms with E-state index in [0.717, 1.165) is 12.8 Å². The largest absolute Gasteiger partial charge is 0.316 e. The zero-order valence-corrected chi connectivity index (χ0v) is 6.65. The molecule has 3 aliphatic rings. The number of hydrogen-bond donors (Lipinski definition) is 1. The first-order valence-electron chi connectivity index (χ1n) is 4.45. The molecular weight excluding hydrogens is 138 g/mol. The molecule has 1 heterocycles. The first-order valence-corrected chi connectivity index (χ1v) is 4.45. The van der Waals surface area contributed by atoms with Gasteiger partial charge in [-0.25, -0.2) is 0 Å². The normalized spacial score (nSPS) is 36.2. The molecule has 0 bridgehead atoms. The second-order valence-corrected chi connectivity index (χ2v) is 4.85. The summed E-state index contributed by atoms with van der Waals surface area (Å²) >= 11 is 0. The third kappa shape index (κ3) is 0.639. The molecule has 1 saturated heterocycles. The number of hydrogen-bond acceptors (Lipinski definition) is 2. The van der Waals surface area contributed by atoms with E-state index in [-0.39, 0.29) is 0 Å². The van der Waals surface area contributed by atoms with Crippen molar-refractivity contribution < 1.29 is 4.79 Å². The van der Waals surface area contributed by atoms with Crippen molar-refractivity contribution in [3.63, 3.8) is 0 Å². The molecule has 0 aromatic carbocycles. The predicted octanol–water partition coefficient (Wildman–Crippen LogP) is 0.719. The molecular formula is C9H13NO. The standard InChI is InChI=1S/C9H13NO/c11-7-1-8(2-7)3-9(4-8)5-10-6-9/h10H,1-6H2. The Bertz CT molecular complexity index is 212. The van der Waals surface area contributed by atoms with E-state index in [2.05, 4.69) is 5.32 Å². The summed E-state index contributed by atoms with van der Waals surface area (Å²) in [6.07, 6.45) is 4.46. The fourth-order valence-corrected chi connectivity index (χ4v) is 3.30. The Morgan fingerprint density at radius 1 is 1.09 bits per heavy atom. The molecule has 1 N–H and O–H groups in total. The van der Waals surface area contributed by atoms with Crippen LogP contribution in [0.2, 0.25) is 0 Å². The molecule has 0 amide bonds. The number of nitrogens with one attached hydrogen (secondary N) is 1. The van der Waals surface area contributed by atoms with Gasteiger partial charge in [-0.2, -0.15) is 0 Å². The summed E-state index contributed by atoms with van der Waals surface area (Å²) < 4.78 is 0. The van der Waals surface area contributed by atoms with Crippen LogP contribution < -0.4 is 5.32 Å². The van der Waals surface area contributed by atoms with Gasteiger partial charge >= 0.3 is 0 Å². The van der Waals surface area contributed by atoms with Gasteiger partial charge in [-0.15, -0.1) is 0 Å². The highest BCUT2D eigenvalue weighted by Gasteiger charge is 2.61. The molecule has 2 spiro atoms. The Morgan fingerprint density at radius 3 is 2.09 bits per heavy atom. The summed E-state index contributed by atoms with van der Waals surface area (Å²) in [5.74, 6) is 0.493. The second-order valence-electron chi connectivity index (χ2n) is 4.85. The van der Waals surface area contributed by atoms with Crippen molar-refractivity contribution >= 4 is 5.78 Å². The zero-order chi connectivity index (χ0) is 7.53. The van der Waals surface area contributed by atoms with Crippen LogP contribution in [-0.4, -0.2) is 18.9 Å². The van der Waals surface area contributed by atoms with Crippen LogP contribution in [0.3, 0.4) is 0 Å². The maximum absolute atomic E-state index is 10.8. The van der Waals surface area contributed by atoms with Gasteiger partial charge in [-0.1, -0.05) is 0 Å². The summed E-state index contributed by atoms with van der Waals surface area (Å²) in [5.41, 5.74) is 1.17. The minimum absolute atomic E-state index is 0.493. The van der Waals surface area contributed by atoms with Gasteiger partial charge in [0.2, 0.25) is 0 Å². The van der Waals surface area contributed by atoms with Crippen LogP contribution in [0.4, 0.5) is 0 Å². The molecule has 11 heavy (non-hydrogen) atoms. The fourth-order valence-electron chi connectivity index (χ4n) is 3.30. The highest BCUT2D eigenvalue weighted by molar-refractivity contribution is 5.86. The van der Waals surface area contributed by atoms with Crippen LogP contribution in [0.5, 0.6) is 0 Å². The van der Waals surface area contributed by atoms with Gasteiger partial charge in [0.1, 0.15) is 5.78 Å². The van der Waals surface area contributed by atoms with E-state index in [4.69, 9.17) is 0 Å². The zero-order valence-electron chi connectivity index (χ0n) is 6.65. The summed E-state index contributed by atoms with van der Waals surface area (Å²) in [4.78, 5) is 10.8. The average molecular weight is 151 g/mol.